The average molecular weight is 68.1 g/mol. The highest BCUT2D eigenvalue weighted by Gasteiger charge is 2.13. The van der Waals surface area contributed by atoms with Crippen molar-refractivity contribution < 1.29 is 0 Å². The van der Waals surface area contributed by atoms with E-state index in [1.807, 2.05) is 13.8 Å². The Labute approximate surface area is 31.3 Å². The molecule has 0 amide bonds. The van der Waals surface area contributed by atoms with Crippen LogP contribution in [0.1, 0.15) is 11.4 Å². The van der Waals surface area contributed by atoms with E-state index in [4.69, 9.17) is 0 Å². The molecule has 0 unspecified atom stereocenters. The molecule has 5 heavy (non-hydrogen) atoms. The minimum Gasteiger partial charge on any atom is -0.230 e. The number of hydrogen-bond acceptors (Lipinski definition) is 0. The fourth-order valence-corrected chi connectivity index (χ4v) is 0.224. The first-order valence-electron chi connectivity index (χ1n) is 1.70. The lowest BCUT2D eigenvalue weighted by atomic mass is 10.5. The zero-order chi connectivity index (χ0) is 3.86. The van der Waals surface area contributed by atoms with Gasteiger partial charge in [0.1, 0.15) is 13.8 Å². The normalized spacial score (nSPS) is 10.0. The fourth-order valence-electron chi connectivity index (χ4n) is 0.224. The third kappa shape index (κ3) is 0.274. The van der Waals surface area contributed by atoms with Crippen LogP contribution in [-0.4, -0.2) is 0 Å². The number of nitrogens with zero attached hydrogens (tertiary/aromatic N) is 1. The van der Waals surface area contributed by atoms with Crippen molar-refractivity contribution >= 4 is 0 Å². The molecule has 0 saturated heterocycles. The van der Waals surface area contributed by atoms with Crippen LogP contribution in [0.3, 0.4) is 0 Å². The maximum Gasteiger partial charge on any atom is 0.255 e. The summed E-state index contributed by atoms with van der Waals surface area (Å²) in [6.07, 6.45) is 0. The van der Waals surface area contributed by atoms with Gasteiger partial charge in [0.2, 0.25) is 0 Å². The van der Waals surface area contributed by atoms with Crippen molar-refractivity contribution in [1.29, 1.82) is 0 Å². The van der Waals surface area contributed by atoms with Crippen LogP contribution in [0, 0.1) is 13.8 Å². The predicted molar refractivity (Wildman–Crippen MR) is 20.4 cm³/mol. The van der Waals surface area contributed by atoms with Crippen LogP contribution in [0.15, 0.2) is 0 Å². The summed E-state index contributed by atoms with van der Waals surface area (Å²) in [4.78, 5) is 3.89. The van der Waals surface area contributed by atoms with Gasteiger partial charge in [-0.1, -0.05) is 0 Å². The number of hydrogen-bond donors (Lipinski definition) is 0. The molecule has 1 rings (SSSR count). The maximum absolute atomic E-state index is 3.89. The first-order valence-corrected chi connectivity index (χ1v) is 1.70. The Morgan fingerprint density at radius 1 is 1.20 bits per heavy atom. The van der Waals surface area contributed by atoms with E-state index in [1.54, 1.807) is 0 Å². The van der Waals surface area contributed by atoms with Crippen molar-refractivity contribution in [2.75, 3.05) is 0 Å². The quantitative estimate of drug-likeness (QED) is 0.408. The van der Waals surface area contributed by atoms with E-state index in [1.165, 1.54) is 11.4 Å². The highest BCUT2D eigenvalue weighted by atomic mass is 14.8. The Balaban J connectivity index is 2.73. The fraction of sp³-hybridized carbons (Fsp3) is 0.500. The van der Waals surface area contributed by atoms with Crippen LogP contribution >= 0.6 is 0 Å². The van der Waals surface area contributed by atoms with Gasteiger partial charge in [0.05, 0.1) is 0 Å². The van der Waals surface area contributed by atoms with Crippen LogP contribution in [0.5, 0.6) is 0 Å². The number of aromatic nitrogens is 1. The lowest BCUT2D eigenvalue weighted by Crippen LogP contribution is -1.37. The summed E-state index contributed by atoms with van der Waals surface area (Å²) in [6, 6.07) is 0. The highest BCUT2D eigenvalue weighted by Crippen LogP contribution is 2.01. The van der Waals surface area contributed by atoms with Crippen molar-refractivity contribution in [2.24, 2.45) is 0 Å². The van der Waals surface area contributed by atoms with E-state index in [9.17, 15) is 0 Å². The lowest BCUT2D eigenvalue weighted by molar-refractivity contribution is 1.44. The molecular weight excluding hydrogens is 62.1 g/mol. The molecule has 0 spiro atoms. The molecule has 0 aromatic carbocycles. The molecule has 1 heterocycles. The predicted octanol–water partition coefficient (Wildman–Crippen LogP) is 0.698. The molecule has 0 aliphatic carbocycles. The van der Waals surface area contributed by atoms with Gasteiger partial charge in [-0.3, -0.25) is 0 Å². The zero-order valence-corrected chi connectivity index (χ0v) is 3.45. The smallest absolute Gasteiger partial charge is 0.230 e. The van der Waals surface area contributed by atoms with Gasteiger partial charge >= 0.3 is 0 Å². The molecule has 0 atom stereocenters. The molecule has 0 saturated carbocycles. The second kappa shape index (κ2) is 0.534. The summed E-state index contributed by atoms with van der Waals surface area (Å²) in [5.74, 6) is 0. The number of rotatable bonds is 0. The van der Waals surface area contributed by atoms with Crippen molar-refractivity contribution in [3.8, 4) is 0 Å². The molecule has 0 bridgehead atoms. The Kier molecular flexibility index (Phi) is 0.295. The molecule has 1 nitrogen and oxygen atoms in total. The molecule has 1 heteroatoms. The first kappa shape index (κ1) is 2.76. The van der Waals surface area contributed by atoms with Crippen LogP contribution in [0.25, 0.3) is 0 Å². The van der Waals surface area contributed by atoms with E-state index in [2.05, 4.69) is 4.98 Å². The van der Waals surface area contributed by atoms with Gasteiger partial charge in [0.25, 0.3) is 11.4 Å². The van der Waals surface area contributed by atoms with Crippen LogP contribution in [-0.2, 0) is 0 Å². The molecule has 26 valence electrons. The molecule has 0 aliphatic rings. The van der Waals surface area contributed by atoms with Gasteiger partial charge in [-0.15, -0.1) is 0 Å². The van der Waals surface area contributed by atoms with Crippen LogP contribution < -0.4 is 4.98 Å². The third-order valence-electron chi connectivity index (χ3n) is 0.809. The Morgan fingerprint density at radius 2 is 1.40 bits per heavy atom. The van der Waals surface area contributed by atoms with Crippen LogP contribution in [0.4, 0.5) is 0 Å². The molecule has 1 aromatic heterocycles. The monoisotopic (exact) mass is 68.0 g/mol. The van der Waals surface area contributed by atoms with E-state index in [0.29, 0.717) is 0 Å². The standard InChI is InChI=1S/C4H6N/c1-3-4(2)5-3/h1-2H3/q+1. The molecule has 0 N–H and O–H groups in total. The van der Waals surface area contributed by atoms with E-state index < -0.39 is 0 Å². The Morgan fingerprint density at radius 3 is 1.40 bits per heavy atom. The maximum atomic E-state index is 3.89. The van der Waals surface area contributed by atoms with Crippen molar-refractivity contribution in [1.82, 2.24) is 4.98 Å². The van der Waals surface area contributed by atoms with Crippen LogP contribution in [0.2, 0.25) is 0 Å². The molecular formula is C4H6N+. The second-order valence-electron chi connectivity index (χ2n) is 1.28. The zero-order valence-electron chi connectivity index (χ0n) is 3.45. The first-order chi connectivity index (χ1) is 2.30. The average Bonchev–Trinajstić information content (AvgIpc) is 1.79. The van der Waals surface area contributed by atoms with Gasteiger partial charge in [-0.05, 0) is 0 Å². The van der Waals surface area contributed by atoms with Crippen molar-refractivity contribution in [2.45, 2.75) is 13.8 Å². The Hall–Kier alpha value is -0.460. The van der Waals surface area contributed by atoms with E-state index >= 15 is 0 Å². The minimum atomic E-state index is 1.21. The van der Waals surface area contributed by atoms with Crippen molar-refractivity contribution in [3.63, 3.8) is 0 Å². The molecule has 0 fully saturated rings. The molecule has 0 radical (unpaired) electrons. The SMILES string of the molecule is C[c+]1[n-][c+]1C. The minimum absolute atomic E-state index is 1.21. The summed E-state index contributed by atoms with van der Waals surface area (Å²) in [6.45, 7) is 4.02. The third-order valence-corrected chi connectivity index (χ3v) is 0.809. The lowest BCUT2D eigenvalue weighted by Gasteiger charge is -1.28. The van der Waals surface area contributed by atoms with Gasteiger partial charge in [0, 0.05) is 0 Å². The van der Waals surface area contributed by atoms with Gasteiger partial charge in [0.15, 0.2) is 0 Å². The van der Waals surface area contributed by atoms with E-state index in [-0.39, 0.29) is 0 Å². The van der Waals surface area contributed by atoms with E-state index in [0.717, 1.165) is 0 Å². The second-order valence-corrected chi connectivity index (χ2v) is 1.28. The summed E-state index contributed by atoms with van der Waals surface area (Å²) < 4.78 is 0. The summed E-state index contributed by atoms with van der Waals surface area (Å²) >= 11 is 0. The molecule has 1 aromatic rings. The summed E-state index contributed by atoms with van der Waals surface area (Å²) in [5.41, 5.74) is 2.43. The Bertz CT molecular complexity index is 87.8. The topological polar surface area (TPSA) is 14.1 Å². The largest absolute Gasteiger partial charge is 0.255 e. The number of aryl methyl sites for hydroxylation is 2. The highest BCUT2D eigenvalue weighted by molar-refractivity contribution is 5.14. The van der Waals surface area contributed by atoms with Crippen molar-refractivity contribution in [3.05, 3.63) is 11.4 Å². The summed E-state index contributed by atoms with van der Waals surface area (Å²) in [5, 5.41) is 0. The molecule has 0 aliphatic heterocycles. The van der Waals surface area contributed by atoms with Gasteiger partial charge in [-0.2, -0.15) is 0 Å². The van der Waals surface area contributed by atoms with Gasteiger partial charge in [-0.25, -0.2) is 4.98 Å². The van der Waals surface area contributed by atoms with Gasteiger partial charge < -0.3 is 0 Å². The summed E-state index contributed by atoms with van der Waals surface area (Å²) in [7, 11) is 0.